The van der Waals surface area contributed by atoms with Crippen molar-refractivity contribution in [1.82, 2.24) is 14.7 Å². The Morgan fingerprint density at radius 2 is 2.22 bits per heavy atom. The Morgan fingerprint density at radius 3 is 2.91 bits per heavy atom. The number of nitrogens with zero attached hydrogens (tertiary/aromatic N) is 3. The second kappa shape index (κ2) is 6.24. The van der Waals surface area contributed by atoms with Gasteiger partial charge in [-0.05, 0) is 32.8 Å². The Labute approximate surface area is 141 Å². The number of ether oxygens (including phenoxy) is 1. The predicted molar refractivity (Wildman–Crippen MR) is 93.1 cm³/mol. The number of thiophene rings is 1. The van der Waals surface area contributed by atoms with Gasteiger partial charge < -0.3 is 9.64 Å². The number of hydrogen-bond acceptors (Lipinski definition) is 4. The zero-order valence-electron chi connectivity index (χ0n) is 14.5. The molecule has 3 rings (SSSR count). The minimum Gasteiger partial charge on any atom is -0.375 e. The molecule has 23 heavy (non-hydrogen) atoms. The summed E-state index contributed by atoms with van der Waals surface area (Å²) in [7, 11) is 0. The van der Waals surface area contributed by atoms with Gasteiger partial charge in [-0.15, -0.1) is 11.3 Å². The van der Waals surface area contributed by atoms with E-state index in [2.05, 4.69) is 18.9 Å². The molecular formula is C17H25N3O2S. The van der Waals surface area contributed by atoms with E-state index in [1.807, 2.05) is 36.4 Å². The molecule has 1 fully saturated rings. The van der Waals surface area contributed by atoms with Crippen molar-refractivity contribution in [2.75, 3.05) is 13.2 Å². The number of amides is 1. The van der Waals surface area contributed by atoms with Crippen LogP contribution in [0.25, 0.3) is 10.2 Å². The van der Waals surface area contributed by atoms with Crippen LogP contribution in [0.1, 0.15) is 43.1 Å². The molecular weight excluding hydrogens is 310 g/mol. The first-order chi connectivity index (χ1) is 10.9. The zero-order chi connectivity index (χ0) is 16.7. The maximum absolute atomic E-state index is 12.9. The average Bonchev–Trinajstić information content (AvgIpc) is 3.03. The number of rotatable bonds is 3. The topological polar surface area (TPSA) is 47.4 Å². The van der Waals surface area contributed by atoms with Crippen LogP contribution in [0, 0.1) is 12.8 Å². The molecule has 0 N–H and O–H groups in total. The van der Waals surface area contributed by atoms with Gasteiger partial charge in [-0.3, -0.25) is 9.48 Å². The third kappa shape index (κ3) is 3.15. The summed E-state index contributed by atoms with van der Waals surface area (Å²) in [5.74, 6) is 0.642. The summed E-state index contributed by atoms with van der Waals surface area (Å²) in [5.41, 5.74) is 0.999. The fraction of sp³-hybridized carbons (Fsp3) is 0.647. The number of aryl methyl sites for hydroxylation is 1. The van der Waals surface area contributed by atoms with E-state index in [0.717, 1.165) is 27.3 Å². The smallest absolute Gasteiger partial charge is 0.264 e. The summed E-state index contributed by atoms with van der Waals surface area (Å²) >= 11 is 1.56. The summed E-state index contributed by atoms with van der Waals surface area (Å²) in [6.45, 7) is 12.6. The first-order valence-corrected chi connectivity index (χ1v) is 9.08. The van der Waals surface area contributed by atoms with Crippen LogP contribution < -0.4 is 0 Å². The van der Waals surface area contributed by atoms with Gasteiger partial charge in [0.15, 0.2) is 0 Å². The van der Waals surface area contributed by atoms with Crippen molar-refractivity contribution in [3.05, 3.63) is 16.6 Å². The van der Waals surface area contributed by atoms with Crippen LogP contribution in [0.3, 0.4) is 0 Å². The zero-order valence-corrected chi connectivity index (χ0v) is 15.3. The molecule has 1 amide bonds. The molecule has 0 bridgehead atoms. The van der Waals surface area contributed by atoms with Crippen LogP contribution in [0.2, 0.25) is 0 Å². The van der Waals surface area contributed by atoms with Gasteiger partial charge >= 0.3 is 0 Å². The minimum atomic E-state index is 0.0997. The number of hydrogen-bond donors (Lipinski definition) is 0. The normalized spacial score (nSPS) is 22.3. The fourth-order valence-corrected chi connectivity index (χ4v) is 4.14. The molecule has 0 aliphatic carbocycles. The largest absolute Gasteiger partial charge is 0.375 e. The van der Waals surface area contributed by atoms with Crippen LogP contribution in [-0.4, -0.2) is 45.9 Å². The lowest BCUT2D eigenvalue weighted by atomic mass is 10.2. The van der Waals surface area contributed by atoms with Gasteiger partial charge in [-0.2, -0.15) is 5.10 Å². The molecule has 2 atom stereocenters. The molecule has 1 saturated heterocycles. The Bertz CT molecular complexity index is 719. The lowest BCUT2D eigenvalue weighted by molar-refractivity contribution is -0.0385. The summed E-state index contributed by atoms with van der Waals surface area (Å²) in [4.78, 5) is 16.8. The van der Waals surface area contributed by atoms with E-state index in [0.29, 0.717) is 19.1 Å². The van der Waals surface area contributed by atoms with Gasteiger partial charge in [0.2, 0.25) is 0 Å². The number of carbonyl (C=O) groups is 1. The van der Waals surface area contributed by atoms with Crippen molar-refractivity contribution in [2.24, 2.45) is 5.92 Å². The van der Waals surface area contributed by atoms with E-state index in [4.69, 9.17) is 4.74 Å². The van der Waals surface area contributed by atoms with E-state index in [-0.39, 0.29) is 18.1 Å². The van der Waals surface area contributed by atoms with Crippen LogP contribution >= 0.6 is 11.3 Å². The highest BCUT2D eigenvalue weighted by Crippen LogP contribution is 2.30. The minimum absolute atomic E-state index is 0.0997. The molecule has 3 heterocycles. The summed E-state index contributed by atoms with van der Waals surface area (Å²) in [6, 6.07) is 2.13. The molecule has 1 aliphatic heterocycles. The molecule has 0 saturated carbocycles. The molecule has 6 heteroatoms. The Kier molecular flexibility index (Phi) is 4.47. The Balaban J connectivity index is 1.92. The van der Waals surface area contributed by atoms with Gasteiger partial charge in [-0.1, -0.05) is 13.8 Å². The van der Waals surface area contributed by atoms with E-state index in [1.165, 1.54) is 0 Å². The lowest BCUT2D eigenvalue weighted by Crippen LogP contribution is -2.50. The van der Waals surface area contributed by atoms with Crippen molar-refractivity contribution < 1.29 is 9.53 Å². The number of carbonyl (C=O) groups excluding carboxylic acids is 1. The van der Waals surface area contributed by atoms with Gasteiger partial charge in [0, 0.05) is 18.5 Å². The third-order valence-electron chi connectivity index (χ3n) is 4.22. The number of fused-ring (bicyclic) bond motifs is 1. The van der Waals surface area contributed by atoms with Gasteiger partial charge in [-0.25, -0.2) is 0 Å². The highest BCUT2D eigenvalue weighted by molar-refractivity contribution is 7.20. The molecule has 0 spiro atoms. The second-order valence-electron chi connectivity index (χ2n) is 6.94. The number of morpholine rings is 1. The van der Waals surface area contributed by atoms with E-state index >= 15 is 0 Å². The van der Waals surface area contributed by atoms with Crippen molar-refractivity contribution in [1.29, 1.82) is 0 Å². The summed E-state index contributed by atoms with van der Waals surface area (Å²) < 4.78 is 7.67. The van der Waals surface area contributed by atoms with E-state index < -0.39 is 0 Å². The molecule has 0 unspecified atom stereocenters. The lowest BCUT2D eigenvalue weighted by Gasteiger charge is -2.36. The van der Waals surface area contributed by atoms with Gasteiger partial charge in [0.25, 0.3) is 5.91 Å². The molecule has 2 aromatic rings. The SMILES string of the molecule is Cc1nn(CC(C)C)c2sc(C(=O)N3C[C@H](C)OC[C@H]3C)cc12. The first-order valence-electron chi connectivity index (χ1n) is 8.26. The molecule has 5 nitrogen and oxygen atoms in total. The molecule has 1 aliphatic rings. The highest BCUT2D eigenvalue weighted by Gasteiger charge is 2.29. The average molecular weight is 335 g/mol. The van der Waals surface area contributed by atoms with Crippen LogP contribution in [0.4, 0.5) is 0 Å². The Hall–Kier alpha value is -1.40. The second-order valence-corrected chi connectivity index (χ2v) is 7.97. The first kappa shape index (κ1) is 16.5. The van der Waals surface area contributed by atoms with Gasteiger partial charge in [0.1, 0.15) is 4.83 Å². The van der Waals surface area contributed by atoms with Crippen LogP contribution in [0.15, 0.2) is 6.07 Å². The van der Waals surface area contributed by atoms with Crippen molar-refractivity contribution in [3.63, 3.8) is 0 Å². The third-order valence-corrected chi connectivity index (χ3v) is 5.36. The van der Waals surface area contributed by atoms with Crippen LogP contribution in [0.5, 0.6) is 0 Å². The van der Waals surface area contributed by atoms with Crippen molar-refractivity contribution >= 4 is 27.5 Å². The maximum atomic E-state index is 12.9. The number of aromatic nitrogens is 2. The van der Waals surface area contributed by atoms with Crippen molar-refractivity contribution in [2.45, 2.75) is 53.3 Å². The van der Waals surface area contributed by atoms with E-state index in [1.54, 1.807) is 11.3 Å². The summed E-state index contributed by atoms with van der Waals surface area (Å²) in [5, 5.41) is 5.72. The van der Waals surface area contributed by atoms with Crippen molar-refractivity contribution in [3.8, 4) is 0 Å². The highest BCUT2D eigenvalue weighted by atomic mass is 32.1. The van der Waals surface area contributed by atoms with Gasteiger partial charge in [0.05, 0.1) is 29.3 Å². The Morgan fingerprint density at radius 1 is 1.48 bits per heavy atom. The molecule has 0 aromatic carbocycles. The fourth-order valence-electron chi connectivity index (χ4n) is 3.02. The standard InChI is InChI=1S/C17H25N3O2S/c1-10(2)7-20-17-14(13(5)18-20)6-15(23-17)16(21)19-8-12(4)22-9-11(19)3/h6,10-12H,7-9H2,1-5H3/t11-,12+/m1/s1. The predicted octanol–water partition coefficient (Wildman–Crippen LogP) is 3.31. The molecule has 126 valence electrons. The monoisotopic (exact) mass is 335 g/mol. The molecule has 0 radical (unpaired) electrons. The molecule has 2 aromatic heterocycles. The van der Waals surface area contributed by atoms with E-state index in [9.17, 15) is 4.79 Å². The summed E-state index contributed by atoms with van der Waals surface area (Å²) in [6.07, 6.45) is 0.0997. The quantitative estimate of drug-likeness (QED) is 0.864. The maximum Gasteiger partial charge on any atom is 0.264 e. The van der Waals surface area contributed by atoms with Crippen LogP contribution in [-0.2, 0) is 11.3 Å².